The molecule has 2 atom stereocenters. The summed E-state index contributed by atoms with van der Waals surface area (Å²) in [6.45, 7) is 8.25. The van der Waals surface area contributed by atoms with Crippen LogP contribution in [0.1, 0.15) is 44.7 Å². The Morgan fingerprint density at radius 2 is 2.10 bits per heavy atom. The molecule has 1 heterocycles. The fraction of sp³-hybridized carbons (Fsp3) is 0.647. The minimum Gasteiger partial charge on any atom is -0.494 e. The van der Waals surface area contributed by atoms with Gasteiger partial charge in [-0.3, -0.25) is 4.90 Å². The van der Waals surface area contributed by atoms with Crippen molar-refractivity contribution in [2.75, 3.05) is 26.2 Å². The molecule has 0 bridgehead atoms. The van der Waals surface area contributed by atoms with E-state index in [0.717, 1.165) is 31.2 Å². The number of ether oxygens (including phenoxy) is 1. The molecule has 1 aliphatic rings. The second-order valence-electron chi connectivity index (χ2n) is 5.76. The lowest BCUT2D eigenvalue weighted by Gasteiger charge is -2.37. The Bertz CT molecular complexity index is 388. The van der Waals surface area contributed by atoms with Crippen molar-refractivity contribution in [1.29, 1.82) is 0 Å². The lowest BCUT2D eigenvalue weighted by Crippen LogP contribution is -2.37. The fourth-order valence-electron chi connectivity index (χ4n) is 3.14. The number of hydrogen-bond acceptors (Lipinski definition) is 3. The van der Waals surface area contributed by atoms with Crippen LogP contribution in [0.15, 0.2) is 24.3 Å². The lowest BCUT2D eigenvalue weighted by atomic mass is 9.93. The molecule has 2 N–H and O–H groups in total. The molecule has 0 aromatic heterocycles. The van der Waals surface area contributed by atoms with Crippen LogP contribution in [0.25, 0.3) is 0 Å². The molecule has 0 spiro atoms. The zero-order chi connectivity index (χ0) is 14.4. The molecular weight excluding hydrogens is 248 g/mol. The van der Waals surface area contributed by atoms with Crippen molar-refractivity contribution in [1.82, 2.24) is 4.90 Å². The zero-order valence-corrected chi connectivity index (χ0v) is 12.8. The maximum atomic E-state index is 5.70. The van der Waals surface area contributed by atoms with E-state index in [-0.39, 0.29) is 0 Å². The second-order valence-corrected chi connectivity index (χ2v) is 5.76. The van der Waals surface area contributed by atoms with Crippen LogP contribution in [0.3, 0.4) is 0 Å². The van der Waals surface area contributed by atoms with Crippen LogP contribution in [0, 0.1) is 5.92 Å². The molecule has 0 aliphatic carbocycles. The van der Waals surface area contributed by atoms with Crippen molar-refractivity contribution in [3.8, 4) is 5.75 Å². The van der Waals surface area contributed by atoms with Crippen LogP contribution < -0.4 is 10.5 Å². The molecule has 1 saturated heterocycles. The Kier molecular flexibility index (Phi) is 5.86. The van der Waals surface area contributed by atoms with Crippen molar-refractivity contribution in [2.45, 2.75) is 39.2 Å². The van der Waals surface area contributed by atoms with Gasteiger partial charge in [-0.25, -0.2) is 0 Å². The Hall–Kier alpha value is -1.06. The lowest BCUT2D eigenvalue weighted by molar-refractivity contribution is 0.128. The quantitative estimate of drug-likeness (QED) is 0.867. The number of piperidine rings is 1. The maximum Gasteiger partial charge on any atom is 0.119 e. The van der Waals surface area contributed by atoms with Crippen LogP contribution in [0.4, 0.5) is 0 Å². The highest BCUT2D eigenvalue weighted by Gasteiger charge is 2.23. The molecule has 0 amide bonds. The van der Waals surface area contributed by atoms with Crippen molar-refractivity contribution < 1.29 is 4.74 Å². The van der Waals surface area contributed by atoms with E-state index in [1.165, 1.54) is 31.5 Å². The summed E-state index contributed by atoms with van der Waals surface area (Å²) in [6, 6.07) is 9.03. The highest BCUT2D eigenvalue weighted by molar-refractivity contribution is 5.29. The highest BCUT2D eigenvalue weighted by atomic mass is 16.5. The molecular formula is C17H28N2O. The van der Waals surface area contributed by atoms with Gasteiger partial charge in [-0.2, -0.15) is 0 Å². The number of benzene rings is 1. The topological polar surface area (TPSA) is 38.5 Å². The smallest absolute Gasteiger partial charge is 0.119 e. The number of likely N-dealkylation sites (tertiary alicyclic amines) is 1. The molecule has 1 aromatic carbocycles. The molecule has 20 heavy (non-hydrogen) atoms. The predicted octanol–water partition coefficient (Wildman–Crippen LogP) is 3.21. The molecule has 2 rings (SSSR count). The molecule has 3 heteroatoms. The predicted molar refractivity (Wildman–Crippen MR) is 84.0 cm³/mol. The van der Waals surface area contributed by atoms with Gasteiger partial charge in [0.2, 0.25) is 0 Å². The summed E-state index contributed by atoms with van der Waals surface area (Å²) in [5.41, 5.74) is 7.08. The summed E-state index contributed by atoms with van der Waals surface area (Å²) in [6.07, 6.45) is 3.79. The van der Waals surface area contributed by atoms with Crippen LogP contribution in [0.2, 0.25) is 0 Å². The summed E-state index contributed by atoms with van der Waals surface area (Å²) in [4.78, 5) is 2.60. The van der Waals surface area contributed by atoms with Crippen LogP contribution in [-0.2, 0) is 0 Å². The first-order chi connectivity index (χ1) is 9.74. The van der Waals surface area contributed by atoms with Crippen molar-refractivity contribution in [3.63, 3.8) is 0 Å². The van der Waals surface area contributed by atoms with Gasteiger partial charge >= 0.3 is 0 Å². The van der Waals surface area contributed by atoms with Gasteiger partial charge in [-0.15, -0.1) is 0 Å². The molecule has 3 nitrogen and oxygen atoms in total. The molecule has 2 unspecified atom stereocenters. The zero-order valence-electron chi connectivity index (χ0n) is 12.8. The monoisotopic (exact) mass is 276 g/mol. The van der Waals surface area contributed by atoms with E-state index in [2.05, 4.69) is 36.1 Å². The van der Waals surface area contributed by atoms with E-state index in [1.54, 1.807) is 0 Å². The standard InChI is InChI=1S/C17H28N2O/c1-3-20-17-8-6-16(7-9-17)14(2)19-12-4-5-15(13-19)10-11-18/h6-9,14-15H,3-5,10-13,18H2,1-2H3. The third kappa shape index (κ3) is 3.97. The first-order valence-electron chi connectivity index (χ1n) is 7.91. The van der Waals surface area contributed by atoms with E-state index in [1.807, 2.05) is 6.92 Å². The van der Waals surface area contributed by atoms with Gasteiger partial charge in [0.1, 0.15) is 5.75 Å². The number of hydrogen-bond donors (Lipinski definition) is 1. The largest absolute Gasteiger partial charge is 0.494 e. The van der Waals surface area contributed by atoms with E-state index < -0.39 is 0 Å². The average molecular weight is 276 g/mol. The van der Waals surface area contributed by atoms with E-state index in [9.17, 15) is 0 Å². The Morgan fingerprint density at radius 1 is 1.35 bits per heavy atom. The molecule has 1 aromatic rings. The fourth-order valence-corrected chi connectivity index (χ4v) is 3.14. The Balaban J connectivity index is 1.97. The summed E-state index contributed by atoms with van der Waals surface area (Å²) in [5, 5.41) is 0. The van der Waals surface area contributed by atoms with Gasteiger partial charge in [0.25, 0.3) is 0 Å². The summed E-state index contributed by atoms with van der Waals surface area (Å²) in [5.74, 6) is 1.74. The SMILES string of the molecule is CCOc1ccc(C(C)N2CCCC(CCN)C2)cc1. The number of nitrogens with two attached hydrogens (primary N) is 1. The van der Waals surface area contributed by atoms with Gasteiger partial charge in [-0.1, -0.05) is 12.1 Å². The van der Waals surface area contributed by atoms with Crippen LogP contribution >= 0.6 is 0 Å². The van der Waals surface area contributed by atoms with E-state index >= 15 is 0 Å². The molecule has 1 fully saturated rings. The highest BCUT2D eigenvalue weighted by Crippen LogP contribution is 2.28. The van der Waals surface area contributed by atoms with Crippen LogP contribution in [0.5, 0.6) is 5.75 Å². The van der Waals surface area contributed by atoms with Crippen LogP contribution in [-0.4, -0.2) is 31.1 Å². The molecule has 0 saturated carbocycles. The van der Waals surface area contributed by atoms with Gasteiger partial charge < -0.3 is 10.5 Å². The summed E-state index contributed by atoms with van der Waals surface area (Å²) < 4.78 is 5.51. The average Bonchev–Trinajstić information content (AvgIpc) is 2.48. The first kappa shape index (κ1) is 15.3. The molecule has 1 aliphatic heterocycles. The van der Waals surface area contributed by atoms with Crippen molar-refractivity contribution >= 4 is 0 Å². The third-order valence-electron chi connectivity index (χ3n) is 4.35. The Morgan fingerprint density at radius 3 is 2.75 bits per heavy atom. The Labute approximate surface area is 123 Å². The number of nitrogens with zero attached hydrogens (tertiary/aromatic N) is 1. The minimum absolute atomic E-state index is 0.478. The molecule has 0 radical (unpaired) electrons. The second kappa shape index (κ2) is 7.65. The summed E-state index contributed by atoms with van der Waals surface area (Å²) >= 11 is 0. The van der Waals surface area contributed by atoms with E-state index in [0.29, 0.717) is 6.04 Å². The van der Waals surface area contributed by atoms with E-state index in [4.69, 9.17) is 10.5 Å². The minimum atomic E-state index is 0.478. The molecule has 112 valence electrons. The summed E-state index contributed by atoms with van der Waals surface area (Å²) in [7, 11) is 0. The van der Waals surface area contributed by atoms with Crippen molar-refractivity contribution in [3.05, 3.63) is 29.8 Å². The van der Waals surface area contributed by atoms with Gasteiger partial charge in [0.05, 0.1) is 6.61 Å². The normalized spacial score (nSPS) is 21.6. The van der Waals surface area contributed by atoms with Gasteiger partial charge in [0, 0.05) is 12.6 Å². The van der Waals surface area contributed by atoms with Crippen molar-refractivity contribution in [2.24, 2.45) is 11.7 Å². The van der Waals surface area contributed by atoms with Gasteiger partial charge in [-0.05, 0) is 69.8 Å². The van der Waals surface area contributed by atoms with Gasteiger partial charge in [0.15, 0.2) is 0 Å². The third-order valence-corrected chi connectivity index (χ3v) is 4.35. The number of rotatable bonds is 6. The first-order valence-corrected chi connectivity index (χ1v) is 7.91. The maximum absolute atomic E-state index is 5.70.